The van der Waals surface area contributed by atoms with Crippen molar-refractivity contribution in [1.82, 2.24) is 0 Å². The van der Waals surface area contributed by atoms with E-state index < -0.39 is 0 Å². The number of nitrogens with zero attached hydrogens (tertiary/aromatic N) is 1. The van der Waals surface area contributed by atoms with Crippen LogP contribution in [0, 0.1) is 0 Å². The Morgan fingerprint density at radius 3 is 1.52 bits per heavy atom. The molecule has 1 aromatic rings. The number of rotatable bonds is 11. The minimum atomic E-state index is 0. The molecule has 0 N–H and O–H groups in total. The van der Waals surface area contributed by atoms with Crippen LogP contribution in [0.25, 0.3) is 0 Å². The normalized spacial score (nSPS) is 11.2. The average Bonchev–Trinajstić information content (AvgIpc) is 2.49. The first-order chi connectivity index (χ1) is 9.76. The van der Waals surface area contributed by atoms with Gasteiger partial charge in [-0.25, -0.2) is 0 Å². The molecule has 0 fully saturated rings. The standard InChI is InChI=1S/C19H34N.BrH/c1-4-7-15-20(16-8-5-2,17-9-6-3)18-19-13-11-10-12-14-19;/h10-14H,4-9,15-18H2,1-3H3;1H/q+1;/p-1. The molecule has 0 aromatic heterocycles. The molecule has 0 saturated heterocycles. The van der Waals surface area contributed by atoms with Gasteiger partial charge >= 0.3 is 0 Å². The maximum atomic E-state index is 2.32. The topological polar surface area (TPSA) is 0 Å². The number of halogens is 1. The zero-order chi connectivity index (χ0) is 14.7. The van der Waals surface area contributed by atoms with Crippen molar-refractivity contribution >= 4 is 0 Å². The van der Waals surface area contributed by atoms with Crippen LogP contribution >= 0.6 is 0 Å². The maximum Gasteiger partial charge on any atom is 0.104 e. The van der Waals surface area contributed by atoms with Crippen molar-refractivity contribution in [2.24, 2.45) is 0 Å². The third-order valence-electron chi connectivity index (χ3n) is 4.32. The van der Waals surface area contributed by atoms with Gasteiger partial charge in [0.2, 0.25) is 0 Å². The van der Waals surface area contributed by atoms with E-state index in [1.165, 1.54) is 74.8 Å². The van der Waals surface area contributed by atoms with E-state index in [-0.39, 0.29) is 17.0 Å². The molecule has 2 heteroatoms. The Hall–Kier alpha value is -0.340. The van der Waals surface area contributed by atoms with Gasteiger partial charge in [0.1, 0.15) is 6.54 Å². The lowest BCUT2D eigenvalue weighted by atomic mass is 10.1. The van der Waals surface area contributed by atoms with E-state index in [2.05, 4.69) is 51.1 Å². The highest BCUT2D eigenvalue weighted by atomic mass is 79.9. The molecule has 0 heterocycles. The van der Waals surface area contributed by atoms with E-state index in [1.807, 2.05) is 0 Å². The molecule has 0 unspecified atom stereocenters. The first-order valence-electron chi connectivity index (χ1n) is 8.65. The van der Waals surface area contributed by atoms with Gasteiger partial charge < -0.3 is 21.5 Å². The van der Waals surface area contributed by atoms with Crippen molar-refractivity contribution in [2.45, 2.75) is 65.8 Å². The third-order valence-corrected chi connectivity index (χ3v) is 4.32. The zero-order valence-electron chi connectivity index (χ0n) is 14.3. The summed E-state index contributed by atoms with van der Waals surface area (Å²) in [5, 5.41) is 0. The van der Waals surface area contributed by atoms with Crippen LogP contribution in [-0.2, 0) is 6.54 Å². The van der Waals surface area contributed by atoms with Crippen LogP contribution in [0.4, 0.5) is 0 Å². The quantitative estimate of drug-likeness (QED) is 0.534. The fourth-order valence-electron chi connectivity index (χ4n) is 3.02. The van der Waals surface area contributed by atoms with Crippen molar-refractivity contribution in [1.29, 1.82) is 0 Å². The molecule has 0 amide bonds. The summed E-state index contributed by atoms with van der Waals surface area (Å²) >= 11 is 0. The van der Waals surface area contributed by atoms with E-state index in [0.717, 1.165) is 0 Å². The lowest BCUT2D eigenvalue weighted by molar-refractivity contribution is -0.941. The Bertz CT molecular complexity index is 315. The monoisotopic (exact) mass is 355 g/mol. The second-order valence-corrected chi connectivity index (χ2v) is 6.22. The number of benzene rings is 1. The van der Waals surface area contributed by atoms with E-state index in [1.54, 1.807) is 0 Å². The van der Waals surface area contributed by atoms with E-state index in [0.29, 0.717) is 0 Å². The molecule has 0 aliphatic heterocycles. The van der Waals surface area contributed by atoms with Crippen LogP contribution < -0.4 is 17.0 Å². The molecule has 122 valence electrons. The van der Waals surface area contributed by atoms with Gasteiger partial charge in [-0.1, -0.05) is 70.4 Å². The highest BCUT2D eigenvalue weighted by Gasteiger charge is 2.25. The van der Waals surface area contributed by atoms with Gasteiger partial charge in [0.15, 0.2) is 0 Å². The van der Waals surface area contributed by atoms with Crippen LogP contribution in [0.15, 0.2) is 30.3 Å². The summed E-state index contributed by atoms with van der Waals surface area (Å²) in [5.74, 6) is 0. The highest BCUT2D eigenvalue weighted by Crippen LogP contribution is 2.19. The molecular formula is C19H34BrN. The SMILES string of the molecule is CCCC[N+](CCCC)(CCCC)Cc1ccccc1.[Br-]. The number of hydrogen-bond acceptors (Lipinski definition) is 0. The van der Waals surface area contributed by atoms with Crippen LogP contribution in [0.2, 0.25) is 0 Å². The zero-order valence-corrected chi connectivity index (χ0v) is 15.9. The molecule has 0 saturated carbocycles. The van der Waals surface area contributed by atoms with E-state index in [4.69, 9.17) is 0 Å². The fraction of sp³-hybridized carbons (Fsp3) is 0.684. The summed E-state index contributed by atoms with van der Waals surface area (Å²) in [4.78, 5) is 0. The summed E-state index contributed by atoms with van der Waals surface area (Å²) in [7, 11) is 0. The van der Waals surface area contributed by atoms with E-state index >= 15 is 0 Å². The van der Waals surface area contributed by atoms with Crippen LogP contribution in [-0.4, -0.2) is 24.1 Å². The van der Waals surface area contributed by atoms with Gasteiger partial charge in [-0.15, -0.1) is 0 Å². The smallest absolute Gasteiger partial charge is 0.104 e. The Kier molecular flexibility index (Phi) is 12.0. The number of hydrogen-bond donors (Lipinski definition) is 0. The van der Waals surface area contributed by atoms with Gasteiger partial charge in [0, 0.05) is 5.56 Å². The molecule has 1 rings (SSSR count). The van der Waals surface area contributed by atoms with E-state index in [9.17, 15) is 0 Å². The second-order valence-electron chi connectivity index (χ2n) is 6.22. The van der Waals surface area contributed by atoms with Gasteiger partial charge in [-0.05, 0) is 19.3 Å². The van der Waals surface area contributed by atoms with Crippen molar-refractivity contribution in [3.8, 4) is 0 Å². The third kappa shape index (κ3) is 8.01. The van der Waals surface area contributed by atoms with Gasteiger partial charge in [-0.3, -0.25) is 0 Å². The molecule has 1 aromatic carbocycles. The predicted octanol–water partition coefficient (Wildman–Crippen LogP) is 2.41. The van der Waals surface area contributed by atoms with Gasteiger partial charge in [-0.2, -0.15) is 0 Å². The second kappa shape index (κ2) is 12.2. The lowest BCUT2D eigenvalue weighted by Gasteiger charge is -2.39. The first kappa shape index (κ1) is 20.7. The molecule has 1 nitrogen and oxygen atoms in total. The molecule has 0 aliphatic carbocycles. The number of quaternary nitrogens is 1. The number of unbranched alkanes of at least 4 members (excludes halogenated alkanes) is 3. The summed E-state index contributed by atoms with van der Waals surface area (Å²) in [6, 6.07) is 11.1. The van der Waals surface area contributed by atoms with Crippen molar-refractivity contribution in [3.63, 3.8) is 0 Å². The van der Waals surface area contributed by atoms with Gasteiger partial charge in [0.05, 0.1) is 19.6 Å². The van der Waals surface area contributed by atoms with Crippen LogP contribution in [0.1, 0.15) is 64.9 Å². The molecule has 0 bridgehead atoms. The Labute approximate surface area is 143 Å². The van der Waals surface area contributed by atoms with Gasteiger partial charge in [0.25, 0.3) is 0 Å². The largest absolute Gasteiger partial charge is 1.00 e. The minimum Gasteiger partial charge on any atom is -1.00 e. The van der Waals surface area contributed by atoms with Crippen molar-refractivity contribution in [3.05, 3.63) is 35.9 Å². The van der Waals surface area contributed by atoms with Crippen molar-refractivity contribution in [2.75, 3.05) is 19.6 Å². The molecule has 0 aliphatic rings. The Balaban J connectivity index is 0.00000400. The first-order valence-corrected chi connectivity index (χ1v) is 8.65. The summed E-state index contributed by atoms with van der Waals surface area (Å²) in [5.41, 5.74) is 1.51. The highest BCUT2D eigenvalue weighted by molar-refractivity contribution is 5.13. The Morgan fingerprint density at radius 2 is 1.14 bits per heavy atom. The summed E-state index contributed by atoms with van der Waals surface area (Å²) in [6.45, 7) is 12.2. The molecule has 0 atom stereocenters. The fourth-order valence-corrected chi connectivity index (χ4v) is 3.02. The predicted molar refractivity (Wildman–Crippen MR) is 89.7 cm³/mol. The average molecular weight is 356 g/mol. The minimum absolute atomic E-state index is 0. The summed E-state index contributed by atoms with van der Waals surface area (Å²) < 4.78 is 1.31. The summed E-state index contributed by atoms with van der Waals surface area (Å²) in [6.07, 6.45) is 8.02. The molecule has 21 heavy (non-hydrogen) atoms. The van der Waals surface area contributed by atoms with Crippen LogP contribution in [0.5, 0.6) is 0 Å². The van der Waals surface area contributed by atoms with Crippen molar-refractivity contribution < 1.29 is 21.5 Å². The Morgan fingerprint density at radius 1 is 0.714 bits per heavy atom. The molecular weight excluding hydrogens is 322 g/mol. The lowest BCUT2D eigenvalue weighted by Crippen LogP contribution is -3.00. The van der Waals surface area contributed by atoms with Crippen LogP contribution in [0.3, 0.4) is 0 Å². The maximum absolute atomic E-state index is 2.32. The molecule has 0 spiro atoms. The molecule has 0 radical (unpaired) electrons.